The van der Waals surface area contributed by atoms with Crippen LogP contribution in [0.2, 0.25) is 0 Å². The number of rotatable bonds is 20. The van der Waals surface area contributed by atoms with Crippen LogP contribution < -0.4 is 5.32 Å². The fourth-order valence-corrected chi connectivity index (χ4v) is 9.94. The first-order valence-corrected chi connectivity index (χ1v) is 26.4. The lowest BCUT2D eigenvalue weighted by Crippen LogP contribution is -2.47. The maximum Gasteiger partial charge on any atom is 0.483 e. The van der Waals surface area contributed by atoms with Crippen molar-refractivity contribution >= 4 is 36.5 Å². The van der Waals surface area contributed by atoms with Crippen molar-refractivity contribution in [2.24, 2.45) is 10.8 Å². The lowest BCUT2D eigenvalue weighted by Gasteiger charge is -2.41. The Hall–Kier alpha value is -7.32. The van der Waals surface area contributed by atoms with Crippen molar-refractivity contribution in [1.82, 2.24) is 19.5 Å². The Labute approximate surface area is 438 Å². The van der Waals surface area contributed by atoms with E-state index in [4.69, 9.17) is 38.4 Å². The van der Waals surface area contributed by atoms with Crippen molar-refractivity contribution in [1.29, 1.82) is 0 Å². The molecule has 8 rings (SSSR count). The highest BCUT2D eigenvalue weighted by Gasteiger charge is 2.61. The standard InChI is InChI=1S/C60H64N5O9P/c1-43(72-59(47-33-21-12-22-34-47,48-35-23-13-24-36-48)49-37-25-14-26-38-49)50(39-40-71-60(75(68,69)70-8,73-54(66)56(2,3)4)74-55(67)57(5,6)7)65-42-63-51-52(61-41-62-53(51)65)64-58(44-27-15-9-16-28-44,45-29-17-10-18-30-45)46-31-19-11-20-32-46/h9-38,41-43,50H,39-40H2,1-8H3,(H,68,69)(H,61,62,64). The molecule has 15 heteroatoms. The first-order valence-electron chi connectivity index (χ1n) is 24.8. The van der Waals surface area contributed by atoms with Crippen molar-refractivity contribution in [3.8, 4) is 0 Å². The third-order valence-electron chi connectivity index (χ3n) is 13.0. The molecule has 14 nitrogen and oxygen atoms in total. The molecule has 0 aliphatic rings. The van der Waals surface area contributed by atoms with Crippen molar-refractivity contribution in [3.63, 3.8) is 0 Å². The number of hydrogen-bond donors (Lipinski definition) is 2. The fraction of sp³-hybridized carbons (Fsp3) is 0.283. The molecule has 75 heavy (non-hydrogen) atoms. The number of fused-ring (bicyclic) bond motifs is 1. The van der Waals surface area contributed by atoms with Gasteiger partial charge in [0.15, 0.2) is 11.5 Å². The molecule has 0 bridgehead atoms. The molecule has 6 aromatic carbocycles. The number of anilines is 1. The molecule has 3 atom stereocenters. The molecule has 0 spiro atoms. The largest absolute Gasteiger partial charge is 0.483 e. The van der Waals surface area contributed by atoms with Crippen LogP contribution in [0.3, 0.4) is 0 Å². The summed E-state index contributed by atoms with van der Waals surface area (Å²) in [7, 11) is -4.35. The van der Waals surface area contributed by atoms with Gasteiger partial charge in [-0.1, -0.05) is 182 Å². The van der Waals surface area contributed by atoms with Crippen LogP contribution in [0.15, 0.2) is 195 Å². The van der Waals surface area contributed by atoms with E-state index in [1.807, 2.05) is 157 Å². The van der Waals surface area contributed by atoms with E-state index in [1.54, 1.807) is 47.9 Å². The maximum atomic E-state index is 14.3. The van der Waals surface area contributed by atoms with Crippen molar-refractivity contribution in [3.05, 3.63) is 228 Å². The smallest absolute Gasteiger partial charge is 0.388 e. The summed E-state index contributed by atoms with van der Waals surface area (Å²) in [5.41, 5.74) is -1.68. The SMILES string of the molecule is COP(=O)(O)C(OCCC(C(C)OC(c1ccccc1)(c1ccccc1)c1ccccc1)n1cnc2c(NC(c3ccccc3)(c3ccccc3)c3ccccc3)ncnc21)(OC(=O)C(C)(C)C)OC(=O)C(C)(C)C. The van der Waals surface area contributed by atoms with Gasteiger partial charge >= 0.3 is 25.2 Å². The van der Waals surface area contributed by atoms with Crippen LogP contribution in [-0.4, -0.2) is 61.9 Å². The quantitative estimate of drug-likeness (QED) is 0.0320. The molecule has 388 valence electrons. The molecule has 0 radical (unpaired) electrons. The summed E-state index contributed by atoms with van der Waals surface area (Å²) < 4.78 is 46.6. The Morgan fingerprint density at radius 2 is 0.987 bits per heavy atom. The predicted octanol–water partition coefficient (Wildman–Crippen LogP) is 12.2. The summed E-state index contributed by atoms with van der Waals surface area (Å²) >= 11 is 0. The van der Waals surface area contributed by atoms with E-state index >= 15 is 0 Å². The van der Waals surface area contributed by atoms with Crippen LogP contribution in [0.1, 0.15) is 94.3 Å². The molecule has 2 heterocycles. The van der Waals surface area contributed by atoms with Gasteiger partial charge in [-0.3, -0.25) is 14.3 Å². The lowest BCUT2D eigenvalue weighted by molar-refractivity contribution is -0.311. The maximum absolute atomic E-state index is 14.3. The Kier molecular flexibility index (Phi) is 16.0. The van der Waals surface area contributed by atoms with Gasteiger partial charge in [-0.05, 0) is 88.3 Å². The van der Waals surface area contributed by atoms with Gasteiger partial charge in [0, 0.05) is 7.11 Å². The summed E-state index contributed by atoms with van der Waals surface area (Å²) in [5, 5.41) is 3.86. The Morgan fingerprint density at radius 1 is 0.600 bits per heavy atom. The summed E-state index contributed by atoms with van der Waals surface area (Å²) in [4.78, 5) is 53.8. The molecule has 3 unspecified atom stereocenters. The molecule has 2 N–H and O–H groups in total. The van der Waals surface area contributed by atoms with Crippen LogP contribution >= 0.6 is 7.60 Å². The van der Waals surface area contributed by atoms with E-state index < -0.39 is 66.0 Å². The molecular formula is C60H64N5O9P. The van der Waals surface area contributed by atoms with Gasteiger partial charge in [-0.15, -0.1) is 0 Å². The van der Waals surface area contributed by atoms with E-state index in [2.05, 4.69) is 41.7 Å². The molecule has 8 aromatic rings. The Morgan fingerprint density at radius 3 is 1.36 bits per heavy atom. The van der Waals surface area contributed by atoms with Gasteiger partial charge in [0.2, 0.25) is 0 Å². The third kappa shape index (κ3) is 11.1. The van der Waals surface area contributed by atoms with E-state index in [-0.39, 0.29) is 6.42 Å². The van der Waals surface area contributed by atoms with Crippen LogP contribution in [0.25, 0.3) is 11.2 Å². The molecule has 0 aliphatic carbocycles. The number of carbonyl (C=O) groups is 2. The van der Waals surface area contributed by atoms with Gasteiger partial charge in [-0.2, -0.15) is 0 Å². The number of benzene rings is 6. The van der Waals surface area contributed by atoms with Crippen LogP contribution in [-0.2, 0) is 48.8 Å². The number of carbonyl (C=O) groups excluding carboxylic acids is 2. The van der Waals surface area contributed by atoms with Crippen LogP contribution in [0.4, 0.5) is 5.82 Å². The minimum Gasteiger partial charge on any atom is -0.388 e. The number of ether oxygens (including phenoxy) is 4. The molecule has 2 aromatic heterocycles. The monoisotopic (exact) mass is 1030 g/mol. The molecule has 0 saturated heterocycles. The third-order valence-corrected chi connectivity index (χ3v) is 14.5. The molecular weight excluding hydrogens is 966 g/mol. The van der Waals surface area contributed by atoms with Crippen molar-refractivity contribution in [2.45, 2.75) is 83.9 Å². The second kappa shape index (κ2) is 22.3. The second-order valence-electron chi connectivity index (χ2n) is 20.3. The predicted molar refractivity (Wildman–Crippen MR) is 288 cm³/mol. The molecule has 0 saturated carbocycles. The summed E-state index contributed by atoms with van der Waals surface area (Å²) in [6.45, 7) is 10.7. The first-order chi connectivity index (χ1) is 35.9. The van der Waals surface area contributed by atoms with Crippen LogP contribution in [0.5, 0.6) is 0 Å². The number of aromatic nitrogens is 4. The zero-order chi connectivity index (χ0) is 53.5. The van der Waals surface area contributed by atoms with E-state index in [1.165, 1.54) is 6.33 Å². The van der Waals surface area contributed by atoms with E-state index in [0.717, 1.165) is 40.5 Å². The zero-order valence-electron chi connectivity index (χ0n) is 43.5. The van der Waals surface area contributed by atoms with Crippen LogP contribution in [0, 0.1) is 10.8 Å². The summed E-state index contributed by atoms with van der Waals surface area (Å²) in [6.07, 6.45) is 2.29. The number of esters is 2. The van der Waals surface area contributed by atoms with Gasteiger partial charge in [0.1, 0.15) is 23.0 Å². The number of nitrogens with zero attached hydrogens (tertiary/aromatic N) is 4. The van der Waals surface area contributed by atoms with Crippen molar-refractivity contribution < 1.29 is 42.5 Å². The number of hydrogen-bond acceptors (Lipinski definition) is 12. The topological polar surface area (TPSA) is 173 Å². The minimum absolute atomic E-state index is 0.0403. The highest BCUT2D eigenvalue weighted by molar-refractivity contribution is 7.54. The van der Waals surface area contributed by atoms with E-state index in [9.17, 15) is 19.0 Å². The molecule has 0 amide bonds. The normalized spacial score (nSPS) is 14.1. The molecule has 0 fully saturated rings. The van der Waals surface area contributed by atoms with Gasteiger partial charge in [0.05, 0.1) is 35.9 Å². The van der Waals surface area contributed by atoms with Crippen molar-refractivity contribution in [2.75, 3.05) is 19.0 Å². The average molecular weight is 1030 g/mol. The lowest BCUT2D eigenvalue weighted by atomic mass is 9.77. The Balaban J connectivity index is 1.30. The number of nitrogens with one attached hydrogen (secondary N) is 1. The fourth-order valence-electron chi connectivity index (χ4n) is 9.06. The Bertz CT molecular complexity index is 2990. The average Bonchev–Trinajstić information content (AvgIpc) is 3.86. The van der Waals surface area contributed by atoms with Gasteiger partial charge < -0.3 is 33.5 Å². The zero-order valence-corrected chi connectivity index (χ0v) is 44.4. The van der Waals surface area contributed by atoms with E-state index in [0.29, 0.717) is 17.0 Å². The highest BCUT2D eigenvalue weighted by Crippen LogP contribution is 2.58. The second-order valence-corrected chi connectivity index (χ2v) is 22.3. The molecule has 0 aliphatic heterocycles. The van der Waals surface area contributed by atoms with Gasteiger partial charge in [-0.25, -0.2) is 19.5 Å². The first kappa shape index (κ1) is 54.0. The number of imidazole rings is 1. The highest BCUT2D eigenvalue weighted by atomic mass is 31.2. The minimum atomic E-state index is -5.29. The van der Waals surface area contributed by atoms with Gasteiger partial charge in [0.25, 0.3) is 0 Å². The summed E-state index contributed by atoms with van der Waals surface area (Å²) in [6, 6.07) is 59.3. The summed E-state index contributed by atoms with van der Waals surface area (Å²) in [5.74, 6) is -1.55.